The van der Waals surface area contributed by atoms with E-state index in [2.05, 4.69) is 24.3 Å². The Bertz CT molecular complexity index is 701. The van der Waals surface area contributed by atoms with Gasteiger partial charge in [0.1, 0.15) is 11.5 Å². The zero-order chi connectivity index (χ0) is 16.3. The highest BCUT2D eigenvalue weighted by molar-refractivity contribution is 5.46. The van der Waals surface area contributed by atoms with Crippen LogP contribution in [0, 0.1) is 23.7 Å². The van der Waals surface area contributed by atoms with Gasteiger partial charge in [0.05, 0.1) is 0 Å². The molecule has 3 saturated carbocycles. The second-order valence-corrected chi connectivity index (χ2v) is 8.13. The lowest BCUT2D eigenvalue weighted by Crippen LogP contribution is -2.40. The monoisotopic (exact) mass is 320 g/mol. The van der Waals surface area contributed by atoms with Crippen LogP contribution < -0.4 is 0 Å². The Balaban J connectivity index is 1.67. The molecule has 0 saturated heterocycles. The summed E-state index contributed by atoms with van der Waals surface area (Å²) in [5.41, 5.74) is 2.73. The molecule has 2 heteroatoms. The van der Waals surface area contributed by atoms with Crippen LogP contribution in [0.3, 0.4) is 0 Å². The lowest BCUT2D eigenvalue weighted by Gasteiger charge is -2.44. The van der Waals surface area contributed by atoms with Crippen molar-refractivity contribution in [3.05, 3.63) is 59.7 Å². The maximum atomic E-state index is 9.74. The Labute approximate surface area is 143 Å². The van der Waals surface area contributed by atoms with E-state index >= 15 is 0 Å². The van der Waals surface area contributed by atoms with Crippen molar-refractivity contribution in [2.24, 2.45) is 23.7 Å². The van der Waals surface area contributed by atoms with E-state index in [1.54, 1.807) is 0 Å². The second kappa shape index (κ2) is 5.02. The average Bonchev–Trinajstić information content (AvgIpc) is 3.28. The molecule has 2 nitrogen and oxygen atoms in total. The fraction of sp³-hybridized carbons (Fsp3) is 0.455. The van der Waals surface area contributed by atoms with Gasteiger partial charge in [-0.3, -0.25) is 0 Å². The van der Waals surface area contributed by atoms with E-state index in [4.69, 9.17) is 0 Å². The van der Waals surface area contributed by atoms with Crippen molar-refractivity contribution in [1.82, 2.24) is 0 Å². The Morgan fingerprint density at radius 3 is 1.88 bits per heavy atom. The Kier molecular flexibility index (Phi) is 3.01. The first-order valence-electron chi connectivity index (χ1n) is 9.27. The van der Waals surface area contributed by atoms with Crippen LogP contribution in [0.4, 0.5) is 0 Å². The molecule has 0 aliphatic heterocycles. The summed E-state index contributed by atoms with van der Waals surface area (Å²) < 4.78 is 0. The molecule has 2 N–H and O–H groups in total. The predicted octanol–water partition coefficient (Wildman–Crippen LogP) is 4.84. The molecule has 24 heavy (non-hydrogen) atoms. The van der Waals surface area contributed by atoms with Gasteiger partial charge in [0.15, 0.2) is 0 Å². The molecule has 3 aliphatic rings. The lowest BCUT2D eigenvalue weighted by atomic mass is 9.59. The molecule has 4 atom stereocenters. The zero-order valence-electron chi connectivity index (χ0n) is 13.9. The number of aromatic hydroxyl groups is 2. The van der Waals surface area contributed by atoms with Gasteiger partial charge in [-0.15, -0.1) is 0 Å². The third-order valence-corrected chi connectivity index (χ3v) is 7.29. The number of phenolic OH excluding ortho intramolecular Hbond substituents is 2. The van der Waals surface area contributed by atoms with Crippen LogP contribution in [0.2, 0.25) is 0 Å². The molecule has 0 aromatic heterocycles. The average molecular weight is 320 g/mol. The van der Waals surface area contributed by atoms with Gasteiger partial charge in [0, 0.05) is 5.41 Å². The number of benzene rings is 2. The lowest BCUT2D eigenvalue weighted by molar-refractivity contribution is 0.181. The number of phenols is 2. The minimum Gasteiger partial charge on any atom is -0.508 e. The second-order valence-electron chi connectivity index (χ2n) is 8.13. The summed E-state index contributed by atoms with van der Waals surface area (Å²) in [5.74, 6) is 4.00. The summed E-state index contributed by atoms with van der Waals surface area (Å²) in [6, 6.07) is 15.8. The smallest absolute Gasteiger partial charge is 0.115 e. The largest absolute Gasteiger partial charge is 0.508 e. The van der Waals surface area contributed by atoms with Gasteiger partial charge in [0.25, 0.3) is 0 Å². The van der Waals surface area contributed by atoms with Gasteiger partial charge in [0.2, 0.25) is 0 Å². The van der Waals surface area contributed by atoms with E-state index < -0.39 is 0 Å². The van der Waals surface area contributed by atoms with Crippen molar-refractivity contribution in [2.45, 2.75) is 37.5 Å². The molecule has 2 aromatic carbocycles. The van der Waals surface area contributed by atoms with Gasteiger partial charge in [-0.25, -0.2) is 0 Å². The number of hydrogen-bond donors (Lipinski definition) is 2. The van der Waals surface area contributed by atoms with Crippen molar-refractivity contribution in [2.75, 3.05) is 0 Å². The number of fused-ring (bicyclic) bond motifs is 5. The topological polar surface area (TPSA) is 40.5 Å². The predicted molar refractivity (Wildman–Crippen MR) is 94.0 cm³/mol. The van der Waals surface area contributed by atoms with Gasteiger partial charge in [-0.2, -0.15) is 0 Å². The first-order valence-corrected chi connectivity index (χ1v) is 9.27. The Morgan fingerprint density at radius 1 is 0.750 bits per heavy atom. The molecule has 0 radical (unpaired) electrons. The van der Waals surface area contributed by atoms with E-state index in [0.717, 1.165) is 17.8 Å². The third-order valence-electron chi connectivity index (χ3n) is 7.29. The SMILES string of the molecule is Oc1ccc(C2(c3ccc(O)cc3)CC3CC2C2CCCC32)cc1. The van der Waals surface area contributed by atoms with Gasteiger partial charge in [-0.05, 0) is 84.7 Å². The normalized spacial score (nSPS) is 32.8. The van der Waals surface area contributed by atoms with E-state index in [1.807, 2.05) is 24.3 Å². The molecule has 124 valence electrons. The Morgan fingerprint density at radius 2 is 1.29 bits per heavy atom. The van der Waals surface area contributed by atoms with E-state index in [9.17, 15) is 10.2 Å². The summed E-state index contributed by atoms with van der Waals surface area (Å²) in [7, 11) is 0. The van der Waals surface area contributed by atoms with Crippen LogP contribution in [0.1, 0.15) is 43.2 Å². The molecule has 2 bridgehead atoms. The minimum absolute atomic E-state index is 0.0531. The van der Waals surface area contributed by atoms with Crippen LogP contribution in [0.25, 0.3) is 0 Å². The molecular weight excluding hydrogens is 296 g/mol. The van der Waals surface area contributed by atoms with Gasteiger partial charge in [-0.1, -0.05) is 30.7 Å². The molecule has 2 aromatic rings. The third kappa shape index (κ3) is 1.83. The maximum absolute atomic E-state index is 9.74. The number of hydrogen-bond acceptors (Lipinski definition) is 2. The van der Waals surface area contributed by atoms with Crippen molar-refractivity contribution in [1.29, 1.82) is 0 Å². The summed E-state index contributed by atoms with van der Waals surface area (Å²) >= 11 is 0. The van der Waals surface area contributed by atoms with Crippen molar-refractivity contribution in [3.8, 4) is 11.5 Å². The van der Waals surface area contributed by atoms with Crippen LogP contribution in [0.15, 0.2) is 48.5 Å². The van der Waals surface area contributed by atoms with Gasteiger partial charge >= 0.3 is 0 Å². The molecule has 4 unspecified atom stereocenters. The standard InChI is InChI=1S/C22H24O2/c23-17-8-4-15(5-9-17)22(16-6-10-18(24)11-7-16)13-14-12-21(22)20-3-1-2-19(14)20/h4-11,14,19-21,23-24H,1-3,12-13H2. The fourth-order valence-corrected chi connectivity index (χ4v) is 6.49. The highest BCUT2D eigenvalue weighted by Crippen LogP contribution is 2.68. The maximum Gasteiger partial charge on any atom is 0.115 e. The molecule has 3 fully saturated rings. The fourth-order valence-electron chi connectivity index (χ4n) is 6.49. The number of rotatable bonds is 2. The Hall–Kier alpha value is -1.96. The van der Waals surface area contributed by atoms with Gasteiger partial charge < -0.3 is 10.2 Å². The minimum atomic E-state index is 0.0531. The summed E-state index contributed by atoms with van der Waals surface area (Å²) in [5, 5.41) is 19.5. The molecule has 3 aliphatic carbocycles. The molecule has 0 amide bonds. The van der Waals surface area contributed by atoms with Crippen LogP contribution in [-0.2, 0) is 5.41 Å². The molecule has 0 heterocycles. The van der Waals surface area contributed by atoms with E-state index in [0.29, 0.717) is 17.4 Å². The van der Waals surface area contributed by atoms with Crippen LogP contribution >= 0.6 is 0 Å². The van der Waals surface area contributed by atoms with E-state index in [-0.39, 0.29) is 5.41 Å². The first kappa shape index (κ1) is 14.4. The van der Waals surface area contributed by atoms with Crippen LogP contribution in [0.5, 0.6) is 11.5 Å². The molecule has 0 spiro atoms. The van der Waals surface area contributed by atoms with Crippen molar-refractivity contribution >= 4 is 0 Å². The summed E-state index contributed by atoms with van der Waals surface area (Å²) in [6.07, 6.45) is 6.76. The molecular formula is C22H24O2. The van der Waals surface area contributed by atoms with E-state index in [1.165, 1.54) is 43.2 Å². The highest BCUT2D eigenvalue weighted by Gasteiger charge is 2.61. The molecule has 5 rings (SSSR count). The first-order chi connectivity index (χ1) is 11.7. The quantitative estimate of drug-likeness (QED) is 0.831. The highest BCUT2D eigenvalue weighted by atomic mass is 16.3. The summed E-state index contributed by atoms with van der Waals surface area (Å²) in [4.78, 5) is 0. The van der Waals surface area contributed by atoms with Crippen LogP contribution in [-0.4, -0.2) is 10.2 Å². The van der Waals surface area contributed by atoms with Crippen molar-refractivity contribution < 1.29 is 10.2 Å². The zero-order valence-corrected chi connectivity index (χ0v) is 13.9. The summed E-state index contributed by atoms with van der Waals surface area (Å²) in [6.45, 7) is 0. The van der Waals surface area contributed by atoms with Crippen molar-refractivity contribution in [3.63, 3.8) is 0 Å².